The van der Waals surface area contributed by atoms with Crippen LogP contribution in [-0.2, 0) is 14.3 Å². The Labute approximate surface area is 329 Å². The molecule has 6 nitrogen and oxygen atoms in total. The van der Waals surface area contributed by atoms with Crippen LogP contribution >= 0.6 is 0 Å². The highest BCUT2D eigenvalue weighted by molar-refractivity contribution is 5.76. The summed E-state index contributed by atoms with van der Waals surface area (Å²) in [6, 6.07) is -0.635. The van der Waals surface area contributed by atoms with E-state index < -0.39 is 12.1 Å². The molecule has 0 spiro atoms. The number of amides is 1. The van der Waals surface area contributed by atoms with Gasteiger partial charge in [0.1, 0.15) is 0 Å². The second kappa shape index (κ2) is 43.1. The zero-order valence-electron chi connectivity index (χ0n) is 35.2. The molecule has 0 bridgehead atoms. The highest BCUT2D eigenvalue weighted by atomic mass is 16.5. The molecule has 53 heavy (non-hydrogen) atoms. The normalized spacial score (nSPS) is 12.9. The first-order chi connectivity index (χ1) is 26.0. The summed E-state index contributed by atoms with van der Waals surface area (Å²) in [5.41, 5.74) is 0. The van der Waals surface area contributed by atoms with E-state index in [0.29, 0.717) is 19.4 Å². The van der Waals surface area contributed by atoms with Crippen LogP contribution in [0.5, 0.6) is 0 Å². The molecule has 0 saturated carbocycles. The maximum atomic E-state index is 12.4. The van der Waals surface area contributed by atoms with Crippen LogP contribution in [-0.4, -0.2) is 47.4 Å². The molecule has 6 heteroatoms. The summed E-state index contributed by atoms with van der Waals surface area (Å²) in [4.78, 5) is 24.3. The smallest absolute Gasteiger partial charge is 0.305 e. The number of unbranched alkanes of at least 4 members (excludes halogenated alkanes) is 29. The molecule has 2 atom stereocenters. The second-order valence-electron chi connectivity index (χ2n) is 15.7. The minimum absolute atomic E-state index is 0.0179. The Morgan fingerprint density at radius 3 is 1.38 bits per heavy atom. The first-order valence-electron chi connectivity index (χ1n) is 23.1. The van der Waals surface area contributed by atoms with Crippen molar-refractivity contribution >= 4 is 11.9 Å². The van der Waals surface area contributed by atoms with Gasteiger partial charge in [0.25, 0.3) is 0 Å². The molecule has 0 aliphatic rings. The highest BCUT2D eigenvalue weighted by Crippen LogP contribution is 2.15. The Morgan fingerprint density at radius 2 is 0.887 bits per heavy atom. The van der Waals surface area contributed by atoms with E-state index in [2.05, 4.69) is 31.3 Å². The molecule has 312 valence electrons. The first kappa shape index (κ1) is 51.3. The molecular formula is C47H89NO5. The molecule has 3 N–H and O–H groups in total. The summed E-state index contributed by atoms with van der Waals surface area (Å²) < 4.78 is 5.43. The van der Waals surface area contributed by atoms with Gasteiger partial charge in [-0.05, 0) is 57.8 Å². The molecular weight excluding hydrogens is 659 g/mol. The van der Waals surface area contributed by atoms with Crippen LogP contribution in [0.1, 0.15) is 239 Å². The van der Waals surface area contributed by atoms with Crippen molar-refractivity contribution in [1.82, 2.24) is 5.32 Å². The van der Waals surface area contributed by atoms with Gasteiger partial charge in [0.2, 0.25) is 5.91 Å². The molecule has 0 aliphatic heterocycles. The zero-order valence-corrected chi connectivity index (χ0v) is 35.2. The van der Waals surface area contributed by atoms with Crippen molar-refractivity contribution in [3.8, 4) is 0 Å². The number of ether oxygens (including phenoxy) is 1. The van der Waals surface area contributed by atoms with E-state index in [9.17, 15) is 19.8 Å². The minimum atomic E-state index is -0.851. The number of esters is 1. The Morgan fingerprint density at radius 1 is 0.509 bits per heavy atom. The number of allylic oxidation sites excluding steroid dienone is 3. The van der Waals surface area contributed by atoms with Crippen molar-refractivity contribution in [3.63, 3.8) is 0 Å². The molecule has 0 aromatic carbocycles. The minimum Gasteiger partial charge on any atom is -0.466 e. The zero-order chi connectivity index (χ0) is 38.7. The van der Waals surface area contributed by atoms with Crippen LogP contribution in [0.3, 0.4) is 0 Å². The number of hydrogen-bond acceptors (Lipinski definition) is 5. The summed E-state index contributed by atoms with van der Waals surface area (Å²) in [6.07, 6.45) is 48.7. The number of aliphatic hydroxyl groups is 2. The van der Waals surface area contributed by atoms with Crippen LogP contribution in [0.2, 0.25) is 0 Å². The van der Waals surface area contributed by atoms with Crippen LogP contribution in [0.25, 0.3) is 0 Å². The van der Waals surface area contributed by atoms with Gasteiger partial charge in [0.05, 0.1) is 25.4 Å². The standard InChI is InChI=1S/C47H89NO5/c1-3-5-7-9-11-13-15-21-25-29-33-37-41-47(52)53-42-38-34-30-26-22-18-16-17-20-24-28-32-36-40-46(51)48-44(43-49)45(50)39-35-31-27-23-19-14-12-10-8-6-4-2/h11,13,35,39,44-45,49-50H,3-10,12,14-34,36-38,40-43H2,1-2H3,(H,48,51)/b13-11-,39-35+. The Bertz CT molecular complexity index is 828. The molecule has 0 radical (unpaired) electrons. The number of carbonyl (C=O) groups excluding carboxylic acids is 2. The molecule has 0 aromatic heterocycles. The van der Waals surface area contributed by atoms with E-state index >= 15 is 0 Å². The molecule has 2 unspecified atom stereocenters. The Kier molecular flexibility index (Phi) is 41.7. The summed E-state index contributed by atoms with van der Waals surface area (Å²) >= 11 is 0. The lowest BCUT2D eigenvalue weighted by molar-refractivity contribution is -0.143. The lowest BCUT2D eigenvalue weighted by Crippen LogP contribution is -2.45. The number of carbonyl (C=O) groups is 2. The van der Waals surface area contributed by atoms with Crippen LogP contribution in [0.15, 0.2) is 24.3 Å². The summed E-state index contributed by atoms with van der Waals surface area (Å²) in [7, 11) is 0. The van der Waals surface area contributed by atoms with Gasteiger partial charge in [-0.1, -0.05) is 192 Å². The van der Waals surface area contributed by atoms with Crippen molar-refractivity contribution in [2.24, 2.45) is 0 Å². The molecule has 1 amide bonds. The third kappa shape index (κ3) is 39.8. The van der Waals surface area contributed by atoms with Gasteiger partial charge in [0, 0.05) is 12.8 Å². The fraction of sp³-hybridized carbons (Fsp3) is 0.872. The molecule has 0 aromatic rings. The van der Waals surface area contributed by atoms with Crippen LogP contribution < -0.4 is 5.32 Å². The van der Waals surface area contributed by atoms with Gasteiger partial charge >= 0.3 is 5.97 Å². The maximum Gasteiger partial charge on any atom is 0.305 e. The van der Waals surface area contributed by atoms with Gasteiger partial charge in [0.15, 0.2) is 0 Å². The SMILES string of the molecule is CCCCC/C=C\CCCCCCCC(=O)OCCCCCCCCCCCCCCCC(=O)NC(CO)C(O)/C=C/CCCCCCCCCCC. The van der Waals surface area contributed by atoms with E-state index in [1.54, 1.807) is 6.08 Å². The van der Waals surface area contributed by atoms with Crippen molar-refractivity contribution in [1.29, 1.82) is 0 Å². The Balaban J connectivity index is 3.49. The van der Waals surface area contributed by atoms with E-state index in [1.165, 1.54) is 154 Å². The lowest BCUT2D eigenvalue weighted by atomic mass is 10.0. The quantitative estimate of drug-likeness (QED) is 0.0328. The molecule has 0 aliphatic carbocycles. The third-order valence-electron chi connectivity index (χ3n) is 10.5. The van der Waals surface area contributed by atoms with E-state index in [4.69, 9.17) is 4.74 Å². The van der Waals surface area contributed by atoms with E-state index in [-0.39, 0.29) is 18.5 Å². The van der Waals surface area contributed by atoms with Gasteiger partial charge < -0.3 is 20.3 Å². The average molecular weight is 748 g/mol. The van der Waals surface area contributed by atoms with Crippen LogP contribution in [0.4, 0.5) is 0 Å². The number of aliphatic hydroxyl groups excluding tert-OH is 2. The summed E-state index contributed by atoms with van der Waals surface area (Å²) in [6.45, 7) is 4.82. The van der Waals surface area contributed by atoms with Crippen molar-refractivity contribution < 1.29 is 24.5 Å². The first-order valence-corrected chi connectivity index (χ1v) is 23.1. The largest absolute Gasteiger partial charge is 0.466 e. The number of rotatable bonds is 42. The van der Waals surface area contributed by atoms with Crippen molar-refractivity contribution in [2.75, 3.05) is 13.2 Å². The Hall–Kier alpha value is -1.66. The van der Waals surface area contributed by atoms with E-state index in [1.807, 2.05) is 6.08 Å². The van der Waals surface area contributed by atoms with Gasteiger partial charge in [-0.15, -0.1) is 0 Å². The molecule has 0 rings (SSSR count). The lowest BCUT2D eigenvalue weighted by Gasteiger charge is -2.20. The van der Waals surface area contributed by atoms with Crippen LogP contribution in [0, 0.1) is 0 Å². The maximum absolute atomic E-state index is 12.4. The molecule has 0 heterocycles. The summed E-state index contributed by atoms with van der Waals surface area (Å²) in [5.74, 6) is -0.101. The second-order valence-corrected chi connectivity index (χ2v) is 15.7. The summed E-state index contributed by atoms with van der Waals surface area (Å²) in [5, 5.41) is 22.9. The van der Waals surface area contributed by atoms with Gasteiger partial charge in [-0.3, -0.25) is 9.59 Å². The monoisotopic (exact) mass is 748 g/mol. The number of hydrogen-bond donors (Lipinski definition) is 3. The van der Waals surface area contributed by atoms with Crippen molar-refractivity contribution in [2.45, 2.75) is 251 Å². The molecule has 0 saturated heterocycles. The van der Waals surface area contributed by atoms with Gasteiger partial charge in [-0.25, -0.2) is 0 Å². The fourth-order valence-corrected chi connectivity index (χ4v) is 6.86. The highest BCUT2D eigenvalue weighted by Gasteiger charge is 2.18. The topological polar surface area (TPSA) is 95.9 Å². The van der Waals surface area contributed by atoms with Gasteiger partial charge in [-0.2, -0.15) is 0 Å². The third-order valence-corrected chi connectivity index (χ3v) is 10.5. The predicted octanol–water partition coefficient (Wildman–Crippen LogP) is 13.2. The average Bonchev–Trinajstić information content (AvgIpc) is 3.16. The molecule has 0 fully saturated rings. The fourth-order valence-electron chi connectivity index (χ4n) is 6.86. The van der Waals surface area contributed by atoms with E-state index in [0.717, 1.165) is 57.8 Å². The van der Waals surface area contributed by atoms with Crippen molar-refractivity contribution in [3.05, 3.63) is 24.3 Å². The number of nitrogens with one attached hydrogen (secondary N) is 1. The predicted molar refractivity (Wildman–Crippen MR) is 227 cm³/mol.